The molecule has 1 fully saturated rings. The maximum Gasteiger partial charge on any atom is 0.339 e. The first-order valence-electron chi connectivity index (χ1n) is 9.20. The molecule has 6 nitrogen and oxygen atoms in total. The van der Waals surface area contributed by atoms with Gasteiger partial charge in [-0.05, 0) is 36.2 Å². The first-order valence-corrected chi connectivity index (χ1v) is 9.58. The molecule has 156 valence electrons. The highest BCUT2D eigenvalue weighted by Crippen LogP contribution is 2.23. The number of hydrogen-bond donors (Lipinski definition) is 1. The van der Waals surface area contributed by atoms with Gasteiger partial charge in [-0.1, -0.05) is 35.9 Å². The Bertz CT molecular complexity index is 837. The zero-order valence-corrected chi connectivity index (χ0v) is 17.8. The van der Waals surface area contributed by atoms with Crippen LogP contribution in [0.3, 0.4) is 0 Å². The Morgan fingerprint density at radius 3 is 2.31 bits per heavy atom. The summed E-state index contributed by atoms with van der Waals surface area (Å²) in [6.45, 7) is 2.38. The molecule has 8 heteroatoms. The molecule has 2 aromatic rings. The number of nitrogens with two attached hydrogens (primary N) is 1. The van der Waals surface area contributed by atoms with E-state index in [1.807, 2.05) is 30.3 Å². The molecule has 2 aromatic carbocycles. The third-order valence-corrected chi connectivity index (χ3v) is 5.18. The molecule has 0 spiro atoms. The van der Waals surface area contributed by atoms with E-state index in [0.29, 0.717) is 43.2 Å². The van der Waals surface area contributed by atoms with Gasteiger partial charge in [0, 0.05) is 31.2 Å². The smallest absolute Gasteiger partial charge is 0.339 e. The molecular formula is C21H25Cl2N3O3. The number of benzene rings is 2. The molecule has 2 N–H and O–H groups in total. The number of rotatable bonds is 5. The van der Waals surface area contributed by atoms with Crippen molar-refractivity contribution in [1.82, 2.24) is 4.90 Å². The number of nitrogens with zero attached hydrogens (tertiary/aromatic N) is 2. The fraction of sp³-hybridized carbons (Fsp3) is 0.333. The molecule has 1 atom stereocenters. The van der Waals surface area contributed by atoms with Crippen molar-refractivity contribution in [3.63, 3.8) is 0 Å². The monoisotopic (exact) mass is 437 g/mol. The number of para-hydroxylation sites is 1. The number of piperazine rings is 1. The Balaban J connectivity index is 0.00000300. The van der Waals surface area contributed by atoms with E-state index in [0.717, 1.165) is 11.3 Å². The SMILES string of the molecule is COC(=O)c1ccccc1N1CCN(C(=O)[C@H](N)Cc2ccc(Cl)cc2)CC1.Cl. The highest BCUT2D eigenvalue weighted by Gasteiger charge is 2.27. The van der Waals surface area contributed by atoms with E-state index < -0.39 is 6.04 Å². The minimum atomic E-state index is -0.588. The normalized spacial score (nSPS) is 14.7. The fourth-order valence-corrected chi connectivity index (χ4v) is 3.52. The van der Waals surface area contributed by atoms with Crippen LogP contribution in [-0.4, -0.2) is 56.1 Å². The molecule has 0 unspecified atom stereocenters. The van der Waals surface area contributed by atoms with Crippen LogP contribution in [0.4, 0.5) is 5.69 Å². The Hall–Kier alpha value is -2.28. The summed E-state index contributed by atoms with van der Waals surface area (Å²) in [6.07, 6.45) is 0.474. The van der Waals surface area contributed by atoms with Gasteiger partial charge in [-0.15, -0.1) is 12.4 Å². The molecule has 0 aliphatic carbocycles. The summed E-state index contributed by atoms with van der Waals surface area (Å²) in [5.74, 6) is -0.421. The third kappa shape index (κ3) is 5.63. The Labute approximate surface area is 182 Å². The molecule has 1 aliphatic heterocycles. The lowest BCUT2D eigenvalue weighted by Crippen LogP contribution is -2.53. The largest absolute Gasteiger partial charge is 0.465 e. The van der Waals surface area contributed by atoms with Crippen molar-refractivity contribution in [1.29, 1.82) is 0 Å². The molecule has 1 amide bonds. The summed E-state index contributed by atoms with van der Waals surface area (Å²) in [5, 5.41) is 0.659. The number of methoxy groups -OCH3 is 1. The lowest BCUT2D eigenvalue weighted by atomic mass is 10.0. The molecular weight excluding hydrogens is 413 g/mol. The number of anilines is 1. The summed E-state index contributed by atoms with van der Waals surface area (Å²) in [5.41, 5.74) is 8.49. The van der Waals surface area contributed by atoms with Crippen molar-refractivity contribution in [3.8, 4) is 0 Å². The van der Waals surface area contributed by atoms with Gasteiger partial charge in [0.05, 0.1) is 24.4 Å². The third-order valence-electron chi connectivity index (χ3n) is 4.93. The maximum absolute atomic E-state index is 12.7. The van der Waals surface area contributed by atoms with E-state index in [2.05, 4.69) is 4.90 Å². The first kappa shape index (κ1) is 23.0. The van der Waals surface area contributed by atoms with Crippen molar-refractivity contribution in [3.05, 3.63) is 64.7 Å². The molecule has 0 aromatic heterocycles. The van der Waals surface area contributed by atoms with Crippen LogP contribution in [-0.2, 0) is 16.0 Å². The summed E-state index contributed by atoms with van der Waals surface area (Å²) < 4.78 is 4.87. The van der Waals surface area contributed by atoms with E-state index in [4.69, 9.17) is 22.1 Å². The quantitative estimate of drug-likeness (QED) is 0.727. The van der Waals surface area contributed by atoms with Crippen molar-refractivity contribution < 1.29 is 14.3 Å². The highest BCUT2D eigenvalue weighted by atomic mass is 35.5. The van der Waals surface area contributed by atoms with Gasteiger partial charge in [0.25, 0.3) is 0 Å². The number of ether oxygens (including phenoxy) is 1. The van der Waals surface area contributed by atoms with Gasteiger partial charge in [0.15, 0.2) is 0 Å². The van der Waals surface area contributed by atoms with Gasteiger partial charge >= 0.3 is 5.97 Å². The summed E-state index contributed by atoms with van der Waals surface area (Å²) in [4.78, 5) is 28.6. The number of carbonyl (C=O) groups is 2. The Morgan fingerprint density at radius 2 is 1.69 bits per heavy atom. The van der Waals surface area contributed by atoms with Crippen molar-refractivity contribution >= 4 is 41.6 Å². The van der Waals surface area contributed by atoms with Crippen LogP contribution in [0.15, 0.2) is 48.5 Å². The van der Waals surface area contributed by atoms with Crippen molar-refractivity contribution in [2.45, 2.75) is 12.5 Å². The van der Waals surface area contributed by atoms with E-state index in [-0.39, 0.29) is 24.3 Å². The number of halogens is 2. The lowest BCUT2D eigenvalue weighted by Gasteiger charge is -2.37. The predicted octanol–water partition coefficient (Wildman–Crippen LogP) is 2.77. The van der Waals surface area contributed by atoms with Crippen LogP contribution in [0.1, 0.15) is 15.9 Å². The van der Waals surface area contributed by atoms with Gasteiger partial charge in [-0.25, -0.2) is 4.79 Å². The fourth-order valence-electron chi connectivity index (χ4n) is 3.40. The topological polar surface area (TPSA) is 75.9 Å². The Morgan fingerprint density at radius 1 is 1.07 bits per heavy atom. The minimum absolute atomic E-state index is 0. The zero-order chi connectivity index (χ0) is 20.1. The highest BCUT2D eigenvalue weighted by molar-refractivity contribution is 6.30. The van der Waals surface area contributed by atoms with Gasteiger partial charge in [-0.2, -0.15) is 0 Å². The molecule has 0 bridgehead atoms. The van der Waals surface area contributed by atoms with Gasteiger partial charge in [0.2, 0.25) is 5.91 Å². The van der Waals surface area contributed by atoms with Gasteiger partial charge in [0.1, 0.15) is 0 Å². The summed E-state index contributed by atoms with van der Waals surface area (Å²) in [6, 6.07) is 14.1. The Kier molecular flexibility index (Phi) is 8.32. The zero-order valence-electron chi connectivity index (χ0n) is 16.2. The van der Waals surface area contributed by atoms with E-state index >= 15 is 0 Å². The van der Waals surface area contributed by atoms with Crippen LogP contribution >= 0.6 is 24.0 Å². The van der Waals surface area contributed by atoms with Crippen LogP contribution in [0.2, 0.25) is 5.02 Å². The van der Waals surface area contributed by atoms with Gasteiger partial charge in [-0.3, -0.25) is 4.79 Å². The molecule has 1 heterocycles. The van der Waals surface area contributed by atoms with Crippen LogP contribution in [0, 0.1) is 0 Å². The summed E-state index contributed by atoms with van der Waals surface area (Å²) in [7, 11) is 1.37. The minimum Gasteiger partial charge on any atom is -0.465 e. The average molecular weight is 438 g/mol. The summed E-state index contributed by atoms with van der Waals surface area (Å²) >= 11 is 5.90. The predicted molar refractivity (Wildman–Crippen MR) is 117 cm³/mol. The van der Waals surface area contributed by atoms with Crippen LogP contribution < -0.4 is 10.6 Å². The van der Waals surface area contributed by atoms with Crippen LogP contribution in [0.5, 0.6) is 0 Å². The van der Waals surface area contributed by atoms with Gasteiger partial charge < -0.3 is 20.3 Å². The maximum atomic E-state index is 12.7. The molecule has 1 aliphatic rings. The second-order valence-corrected chi connectivity index (χ2v) is 7.19. The molecule has 29 heavy (non-hydrogen) atoms. The van der Waals surface area contributed by atoms with E-state index in [1.54, 1.807) is 23.1 Å². The molecule has 0 radical (unpaired) electrons. The van der Waals surface area contributed by atoms with Crippen molar-refractivity contribution in [2.75, 3.05) is 38.2 Å². The molecule has 3 rings (SSSR count). The second kappa shape index (κ2) is 10.5. The van der Waals surface area contributed by atoms with E-state index in [9.17, 15) is 9.59 Å². The second-order valence-electron chi connectivity index (χ2n) is 6.76. The first-order chi connectivity index (χ1) is 13.5. The standard InChI is InChI=1S/C21H24ClN3O3.ClH/c1-28-21(27)17-4-2-3-5-19(17)24-10-12-25(13-11-24)20(26)18(23)14-15-6-8-16(22)9-7-15;/h2-9,18H,10-14,23H2,1H3;1H/t18-;/m1./s1. The van der Waals surface area contributed by atoms with E-state index in [1.165, 1.54) is 7.11 Å². The lowest BCUT2D eigenvalue weighted by molar-refractivity contribution is -0.132. The van der Waals surface area contributed by atoms with Crippen molar-refractivity contribution in [2.24, 2.45) is 5.73 Å². The number of carbonyl (C=O) groups excluding carboxylic acids is 2. The molecule has 1 saturated heterocycles. The number of amides is 1. The molecule has 0 saturated carbocycles. The number of esters is 1. The average Bonchev–Trinajstić information content (AvgIpc) is 2.74. The van der Waals surface area contributed by atoms with Crippen LogP contribution in [0.25, 0.3) is 0 Å². The number of hydrogen-bond acceptors (Lipinski definition) is 5.